The molecule has 2 amide bonds. The molecule has 0 aromatic rings. The van der Waals surface area contributed by atoms with Gasteiger partial charge in [0.15, 0.2) is 0 Å². The molecule has 0 aromatic heterocycles. The van der Waals surface area contributed by atoms with Gasteiger partial charge in [0.1, 0.15) is 6.04 Å². The Bertz CT molecular complexity index is 454. The zero-order valence-electron chi connectivity index (χ0n) is 12.8. The standard InChI is InChI=1S/C15H24N4O3/c20-13-10-12(14(21)16-11-4-2-1-3-5-11)17-15(18-13)19-6-8-22-9-7-19/h11-12H,1-10H2,(H,16,21)(H,17,18,20)/t12-/m0/s1. The van der Waals surface area contributed by atoms with Gasteiger partial charge >= 0.3 is 0 Å². The van der Waals surface area contributed by atoms with Crippen LogP contribution in [0.25, 0.3) is 0 Å². The SMILES string of the molecule is O=C1C[C@@H](C(=O)NC2CCCCC2)N=C(N2CCOCC2)N1. The van der Waals surface area contributed by atoms with Gasteiger partial charge < -0.3 is 15.0 Å². The van der Waals surface area contributed by atoms with Crippen molar-refractivity contribution in [1.82, 2.24) is 15.5 Å². The highest BCUT2D eigenvalue weighted by Crippen LogP contribution is 2.18. The molecule has 1 saturated carbocycles. The number of morpholine rings is 1. The molecule has 7 nitrogen and oxygen atoms in total. The van der Waals surface area contributed by atoms with E-state index >= 15 is 0 Å². The summed E-state index contributed by atoms with van der Waals surface area (Å²) in [5.74, 6) is 0.260. The summed E-state index contributed by atoms with van der Waals surface area (Å²) in [4.78, 5) is 30.7. The molecule has 0 unspecified atom stereocenters. The van der Waals surface area contributed by atoms with Crippen molar-refractivity contribution < 1.29 is 14.3 Å². The summed E-state index contributed by atoms with van der Waals surface area (Å²) < 4.78 is 5.30. The Morgan fingerprint density at radius 2 is 1.95 bits per heavy atom. The minimum atomic E-state index is -0.603. The molecule has 22 heavy (non-hydrogen) atoms. The highest BCUT2D eigenvalue weighted by atomic mass is 16.5. The van der Waals surface area contributed by atoms with Gasteiger partial charge in [-0.25, -0.2) is 4.99 Å². The van der Waals surface area contributed by atoms with Crippen molar-refractivity contribution in [2.24, 2.45) is 4.99 Å². The first kappa shape index (κ1) is 15.3. The van der Waals surface area contributed by atoms with Crippen molar-refractivity contribution in [2.75, 3.05) is 26.3 Å². The lowest BCUT2D eigenvalue weighted by Crippen LogP contribution is -2.54. The quantitative estimate of drug-likeness (QED) is 0.753. The second-order valence-electron chi connectivity index (χ2n) is 6.16. The van der Waals surface area contributed by atoms with Crippen LogP contribution in [0.3, 0.4) is 0 Å². The fourth-order valence-electron chi connectivity index (χ4n) is 3.21. The molecule has 1 atom stereocenters. The van der Waals surface area contributed by atoms with Gasteiger partial charge in [-0.15, -0.1) is 0 Å². The van der Waals surface area contributed by atoms with Crippen molar-refractivity contribution in [3.8, 4) is 0 Å². The molecule has 3 rings (SSSR count). The first-order valence-corrected chi connectivity index (χ1v) is 8.23. The minimum Gasteiger partial charge on any atom is -0.378 e. The van der Waals surface area contributed by atoms with E-state index in [1.54, 1.807) is 0 Å². The van der Waals surface area contributed by atoms with Crippen molar-refractivity contribution in [1.29, 1.82) is 0 Å². The van der Waals surface area contributed by atoms with Gasteiger partial charge in [0.2, 0.25) is 17.8 Å². The van der Waals surface area contributed by atoms with Crippen molar-refractivity contribution in [3.63, 3.8) is 0 Å². The van der Waals surface area contributed by atoms with Gasteiger partial charge in [0.25, 0.3) is 0 Å². The number of guanidine groups is 1. The van der Waals surface area contributed by atoms with Crippen molar-refractivity contribution in [2.45, 2.75) is 50.6 Å². The predicted octanol–water partition coefficient (Wildman–Crippen LogP) is 0.0120. The lowest BCUT2D eigenvalue weighted by atomic mass is 9.95. The monoisotopic (exact) mass is 308 g/mol. The van der Waals surface area contributed by atoms with Crippen LogP contribution >= 0.6 is 0 Å². The third-order valence-corrected chi connectivity index (χ3v) is 4.47. The molecule has 2 aliphatic heterocycles. The molecule has 0 aromatic carbocycles. The van der Waals surface area contributed by atoms with Crippen LogP contribution in [0.2, 0.25) is 0 Å². The Hall–Kier alpha value is -1.63. The molecule has 0 radical (unpaired) electrons. The van der Waals surface area contributed by atoms with Crippen LogP contribution in [0.4, 0.5) is 0 Å². The number of carbonyl (C=O) groups excluding carboxylic acids is 2. The maximum atomic E-state index is 12.4. The molecule has 3 aliphatic rings. The molecule has 0 spiro atoms. The largest absolute Gasteiger partial charge is 0.378 e. The first-order valence-electron chi connectivity index (χ1n) is 8.23. The van der Waals surface area contributed by atoms with Crippen LogP contribution in [0.1, 0.15) is 38.5 Å². The Kier molecular flexibility index (Phi) is 4.92. The molecule has 2 fully saturated rings. The second kappa shape index (κ2) is 7.09. The van der Waals surface area contributed by atoms with Gasteiger partial charge in [0.05, 0.1) is 19.6 Å². The number of hydrogen-bond acceptors (Lipinski definition) is 5. The number of amides is 2. The lowest BCUT2D eigenvalue weighted by molar-refractivity contribution is -0.128. The van der Waals surface area contributed by atoms with Crippen LogP contribution in [0.15, 0.2) is 4.99 Å². The maximum absolute atomic E-state index is 12.4. The van der Waals surface area contributed by atoms with E-state index in [-0.39, 0.29) is 24.3 Å². The molecular weight excluding hydrogens is 284 g/mol. The Morgan fingerprint density at radius 1 is 1.23 bits per heavy atom. The highest BCUT2D eigenvalue weighted by molar-refractivity contribution is 6.03. The van der Waals surface area contributed by atoms with Crippen LogP contribution in [-0.2, 0) is 14.3 Å². The van der Waals surface area contributed by atoms with E-state index < -0.39 is 6.04 Å². The van der Waals surface area contributed by atoms with E-state index in [1.165, 1.54) is 19.3 Å². The molecule has 0 bridgehead atoms. The molecular formula is C15H24N4O3. The average molecular weight is 308 g/mol. The van der Waals surface area contributed by atoms with Crippen LogP contribution in [-0.4, -0.2) is 61.1 Å². The van der Waals surface area contributed by atoms with E-state index in [1.807, 2.05) is 4.90 Å². The fourth-order valence-corrected chi connectivity index (χ4v) is 3.21. The zero-order valence-corrected chi connectivity index (χ0v) is 12.8. The first-order chi connectivity index (χ1) is 10.7. The van der Waals surface area contributed by atoms with Crippen LogP contribution in [0.5, 0.6) is 0 Å². The van der Waals surface area contributed by atoms with Gasteiger partial charge in [-0.1, -0.05) is 19.3 Å². The number of nitrogens with one attached hydrogen (secondary N) is 2. The van der Waals surface area contributed by atoms with E-state index in [0.717, 1.165) is 12.8 Å². The number of ether oxygens (including phenoxy) is 1. The number of carbonyl (C=O) groups is 2. The fraction of sp³-hybridized carbons (Fsp3) is 0.800. The zero-order chi connectivity index (χ0) is 15.4. The van der Waals surface area contributed by atoms with Crippen molar-refractivity contribution >= 4 is 17.8 Å². The topological polar surface area (TPSA) is 83.0 Å². The summed E-state index contributed by atoms with van der Waals surface area (Å²) in [6.07, 6.45) is 5.77. The third kappa shape index (κ3) is 3.76. The summed E-state index contributed by atoms with van der Waals surface area (Å²) >= 11 is 0. The van der Waals surface area contributed by atoms with Gasteiger partial charge in [-0.2, -0.15) is 0 Å². The minimum absolute atomic E-state index is 0.118. The molecule has 7 heteroatoms. The molecule has 1 aliphatic carbocycles. The average Bonchev–Trinajstić information content (AvgIpc) is 2.56. The summed E-state index contributed by atoms with van der Waals surface area (Å²) in [6, 6.07) is -0.359. The second-order valence-corrected chi connectivity index (χ2v) is 6.16. The normalized spacial score (nSPS) is 27.1. The van der Waals surface area contributed by atoms with Crippen molar-refractivity contribution in [3.05, 3.63) is 0 Å². The van der Waals surface area contributed by atoms with Crippen LogP contribution in [0, 0.1) is 0 Å². The van der Waals surface area contributed by atoms with E-state index in [0.29, 0.717) is 32.3 Å². The van der Waals surface area contributed by atoms with Crippen LogP contribution < -0.4 is 10.6 Å². The van der Waals surface area contributed by atoms with E-state index in [4.69, 9.17) is 4.74 Å². The Morgan fingerprint density at radius 3 is 2.68 bits per heavy atom. The smallest absolute Gasteiger partial charge is 0.245 e. The molecule has 1 saturated heterocycles. The van der Waals surface area contributed by atoms with E-state index in [9.17, 15) is 9.59 Å². The molecule has 2 N–H and O–H groups in total. The molecule has 122 valence electrons. The predicted molar refractivity (Wildman–Crippen MR) is 81.4 cm³/mol. The van der Waals surface area contributed by atoms with E-state index in [2.05, 4.69) is 15.6 Å². The number of hydrogen-bond donors (Lipinski definition) is 2. The molecule has 2 heterocycles. The maximum Gasteiger partial charge on any atom is 0.245 e. The Labute approximate surface area is 130 Å². The van der Waals surface area contributed by atoms with Gasteiger partial charge in [0, 0.05) is 19.1 Å². The summed E-state index contributed by atoms with van der Waals surface area (Å²) in [7, 11) is 0. The summed E-state index contributed by atoms with van der Waals surface area (Å²) in [5, 5.41) is 5.84. The summed E-state index contributed by atoms with van der Waals surface area (Å²) in [5.41, 5.74) is 0. The number of nitrogens with zero attached hydrogens (tertiary/aromatic N) is 2. The van der Waals surface area contributed by atoms with Gasteiger partial charge in [-0.05, 0) is 12.8 Å². The number of aliphatic imine (C=N–C) groups is 1. The summed E-state index contributed by atoms with van der Waals surface area (Å²) in [6.45, 7) is 2.62. The lowest BCUT2D eigenvalue weighted by Gasteiger charge is -2.33. The Balaban J connectivity index is 1.63. The van der Waals surface area contributed by atoms with Gasteiger partial charge in [-0.3, -0.25) is 14.9 Å². The number of rotatable bonds is 2. The highest BCUT2D eigenvalue weighted by Gasteiger charge is 2.30. The third-order valence-electron chi connectivity index (χ3n) is 4.47.